The van der Waals surface area contributed by atoms with Gasteiger partial charge in [-0.15, -0.1) is 0 Å². The van der Waals surface area contributed by atoms with Crippen LogP contribution >= 0.6 is 0 Å². The van der Waals surface area contributed by atoms with E-state index in [0.29, 0.717) is 28.8 Å². The predicted octanol–water partition coefficient (Wildman–Crippen LogP) is 2.63. The molecule has 2 heterocycles. The van der Waals surface area contributed by atoms with Crippen LogP contribution in [0, 0.1) is 0 Å². The Labute approximate surface area is 163 Å². The van der Waals surface area contributed by atoms with Crippen molar-refractivity contribution >= 4 is 23.3 Å². The molecule has 3 rings (SSSR count). The van der Waals surface area contributed by atoms with Crippen molar-refractivity contribution in [1.82, 2.24) is 4.98 Å². The number of aromatic nitrogens is 1. The lowest BCUT2D eigenvalue weighted by atomic mass is 9.99. The molecule has 1 aromatic carbocycles. The molecule has 0 aliphatic carbocycles. The first-order valence-corrected chi connectivity index (χ1v) is 8.83. The maximum Gasteiger partial charge on any atom is 0.282 e. The lowest BCUT2D eigenvalue weighted by Gasteiger charge is -2.40. The Morgan fingerprint density at radius 1 is 1.25 bits per heavy atom. The van der Waals surface area contributed by atoms with Gasteiger partial charge in [-0.3, -0.25) is 14.5 Å². The number of anilines is 2. The number of hydrogen-bond acceptors (Lipinski definition) is 6. The highest BCUT2D eigenvalue weighted by Crippen LogP contribution is 2.38. The zero-order valence-electron chi connectivity index (χ0n) is 16.5. The van der Waals surface area contributed by atoms with E-state index in [-0.39, 0.29) is 6.04 Å². The molecule has 0 saturated carbocycles. The van der Waals surface area contributed by atoms with Gasteiger partial charge in [-0.2, -0.15) is 0 Å². The number of benzene rings is 1. The van der Waals surface area contributed by atoms with Crippen LogP contribution < -0.4 is 24.4 Å². The number of hydrogen-bond donors (Lipinski definition) is 1. The Balaban J connectivity index is 1.96. The number of nitrogens with zero attached hydrogens (tertiary/aromatic N) is 2. The Morgan fingerprint density at radius 3 is 2.64 bits per heavy atom. The van der Waals surface area contributed by atoms with E-state index < -0.39 is 17.4 Å². The molecule has 148 valence electrons. The molecule has 1 aromatic heterocycles. The fraction of sp³-hybridized carbons (Fsp3) is 0.350. The average Bonchev–Trinajstić information content (AvgIpc) is 2.68. The van der Waals surface area contributed by atoms with E-state index in [4.69, 9.17) is 14.2 Å². The third kappa shape index (κ3) is 3.21. The summed E-state index contributed by atoms with van der Waals surface area (Å²) in [5, 5.41) is 2.73. The summed E-state index contributed by atoms with van der Waals surface area (Å²) in [7, 11) is 3.02. The number of carbonyl (C=O) groups is 2. The van der Waals surface area contributed by atoms with Gasteiger partial charge < -0.3 is 19.5 Å². The molecule has 0 unspecified atom stereocenters. The molecular weight excluding hydrogens is 362 g/mol. The van der Waals surface area contributed by atoms with Gasteiger partial charge in [-0.05, 0) is 45.0 Å². The summed E-state index contributed by atoms with van der Waals surface area (Å²) in [6.07, 6.45) is 1.58. The topological polar surface area (TPSA) is 90.0 Å². The van der Waals surface area contributed by atoms with Crippen LogP contribution in [-0.2, 0) is 9.59 Å². The fourth-order valence-corrected chi connectivity index (χ4v) is 3.00. The molecular formula is C20H23N3O5. The third-order valence-corrected chi connectivity index (χ3v) is 4.53. The van der Waals surface area contributed by atoms with E-state index in [1.165, 1.54) is 26.0 Å². The molecule has 1 aliphatic heterocycles. The van der Waals surface area contributed by atoms with Gasteiger partial charge in [0.05, 0.1) is 19.9 Å². The largest absolute Gasteiger partial charge is 0.497 e. The van der Waals surface area contributed by atoms with Gasteiger partial charge in [0, 0.05) is 18.3 Å². The van der Waals surface area contributed by atoms with Crippen LogP contribution in [0.5, 0.6) is 17.2 Å². The minimum absolute atomic E-state index is 0.201. The molecule has 1 N–H and O–H groups in total. The second-order valence-corrected chi connectivity index (χ2v) is 6.75. The number of nitrogens with one attached hydrogen (secondary N) is 1. The molecule has 1 atom stereocenters. The van der Waals surface area contributed by atoms with Gasteiger partial charge in [0.15, 0.2) is 11.6 Å². The van der Waals surface area contributed by atoms with Gasteiger partial charge in [0.1, 0.15) is 11.5 Å². The summed E-state index contributed by atoms with van der Waals surface area (Å²) < 4.78 is 16.3. The minimum atomic E-state index is -1.76. The highest BCUT2D eigenvalue weighted by atomic mass is 16.5. The normalized spacial score (nSPS) is 18.4. The quantitative estimate of drug-likeness (QED) is 0.796. The number of fused-ring (bicyclic) bond motifs is 1. The van der Waals surface area contributed by atoms with Crippen LogP contribution in [0.2, 0.25) is 0 Å². The molecule has 2 amide bonds. The van der Waals surface area contributed by atoms with Crippen LogP contribution in [0.1, 0.15) is 20.8 Å². The molecule has 8 heteroatoms. The van der Waals surface area contributed by atoms with E-state index in [0.717, 1.165) is 0 Å². The predicted molar refractivity (Wildman–Crippen MR) is 104 cm³/mol. The maximum absolute atomic E-state index is 13.2. The molecule has 2 aromatic rings. The summed E-state index contributed by atoms with van der Waals surface area (Å²) >= 11 is 0. The van der Waals surface area contributed by atoms with Gasteiger partial charge in [0.2, 0.25) is 0 Å². The Bertz CT molecular complexity index is 914. The molecule has 0 radical (unpaired) electrons. The molecule has 0 fully saturated rings. The Kier molecular flexibility index (Phi) is 5.13. The Hall–Kier alpha value is -3.29. The van der Waals surface area contributed by atoms with E-state index in [9.17, 15) is 9.59 Å². The zero-order valence-corrected chi connectivity index (χ0v) is 16.5. The number of pyridine rings is 1. The summed E-state index contributed by atoms with van der Waals surface area (Å²) in [6, 6.07) is 8.14. The van der Waals surface area contributed by atoms with E-state index in [1.807, 2.05) is 13.8 Å². The van der Waals surface area contributed by atoms with Crippen molar-refractivity contribution in [2.45, 2.75) is 32.4 Å². The van der Waals surface area contributed by atoms with Crippen LogP contribution in [0.15, 0.2) is 36.5 Å². The van der Waals surface area contributed by atoms with Crippen molar-refractivity contribution < 1.29 is 23.8 Å². The molecule has 28 heavy (non-hydrogen) atoms. The molecule has 1 aliphatic rings. The lowest BCUT2D eigenvalue weighted by Crippen LogP contribution is -2.62. The first kappa shape index (κ1) is 19.5. The van der Waals surface area contributed by atoms with Gasteiger partial charge in [-0.25, -0.2) is 4.98 Å². The zero-order chi connectivity index (χ0) is 20.5. The molecule has 0 spiro atoms. The van der Waals surface area contributed by atoms with Crippen LogP contribution in [0.4, 0.5) is 11.5 Å². The van der Waals surface area contributed by atoms with Crippen molar-refractivity contribution in [3.05, 3.63) is 36.5 Å². The van der Waals surface area contributed by atoms with Crippen molar-refractivity contribution in [1.29, 1.82) is 0 Å². The lowest BCUT2D eigenvalue weighted by molar-refractivity contribution is -0.145. The van der Waals surface area contributed by atoms with Crippen molar-refractivity contribution in [2.24, 2.45) is 0 Å². The van der Waals surface area contributed by atoms with E-state index in [1.54, 1.807) is 36.5 Å². The second-order valence-electron chi connectivity index (χ2n) is 6.75. The van der Waals surface area contributed by atoms with Crippen molar-refractivity contribution in [3.63, 3.8) is 0 Å². The first-order chi connectivity index (χ1) is 13.3. The molecule has 0 bridgehead atoms. The smallest absolute Gasteiger partial charge is 0.282 e. The highest BCUT2D eigenvalue weighted by molar-refractivity contribution is 6.19. The summed E-state index contributed by atoms with van der Waals surface area (Å²) in [5.74, 6) is 0.657. The summed E-state index contributed by atoms with van der Waals surface area (Å²) in [4.78, 5) is 32.0. The number of carbonyl (C=O) groups excluding carboxylic acids is 2. The summed E-state index contributed by atoms with van der Waals surface area (Å²) in [6.45, 7) is 5.16. The van der Waals surface area contributed by atoms with Gasteiger partial charge in [-0.1, -0.05) is 0 Å². The SMILES string of the molecule is COc1ccc(NC(=O)[C@@]2(C)Oc3cccnc3N(C(C)C)C2=O)c(OC)c1. The third-order valence-electron chi connectivity index (χ3n) is 4.53. The number of amides is 2. The monoisotopic (exact) mass is 385 g/mol. The number of methoxy groups -OCH3 is 2. The highest BCUT2D eigenvalue weighted by Gasteiger charge is 2.52. The Morgan fingerprint density at radius 2 is 2.00 bits per heavy atom. The van der Waals surface area contributed by atoms with Crippen LogP contribution in [-0.4, -0.2) is 42.7 Å². The van der Waals surface area contributed by atoms with E-state index >= 15 is 0 Å². The van der Waals surface area contributed by atoms with E-state index in [2.05, 4.69) is 10.3 Å². The average molecular weight is 385 g/mol. The van der Waals surface area contributed by atoms with Crippen LogP contribution in [0.25, 0.3) is 0 Å². The molecule has 8 nitrogen and oxygen atoms in total. The second kappa shape index (κ2) is 7.38. The van der Waals surface area contributed by atoms with Gasteiger partial charge >= 0.3 is 0 Å². The van der Waals surface area contributed by atoms with Crippen molar-refractivity contribution in [2.75, 3.05) is 24.4 Å². The maximum atomic E-state index is 13.2. The van der Waals surface area contributed by atoms with Gasteiger partial charge in [0.25, 0.3) is 17.4 Å². The standard InChI is InChI=1S/C20H23N3O5/c1-12(2)23-17-15(7-6-10-21-17)28-20(3,19(23)25)18(24)22-14-9-8-13(26-4)11-16(14)27-5/h6-12H,1-5H3,(H,22,24)/t20-/m1/s1. The molecule has 0 saturated heterocycles. The fourth-order valence-electron chi connectivity index (χ4n) is 3.00. The first-order valence-electron chi connectivity index (χ1n) is 8.83. The minimum Gasteiger partial charge on any atom is -0.497 e. The van der Waals surface area contributed by atoms with Crippen molar-refractivity contribution in [3.8, 4) is 17.2 Å². The number of rotatable bonds is 5. The summed E-state index contributed by atoms with van der Waals surface area (Å²) in [5.41, 5.74) is -1.36. The van der Waals surface area contributed by atoms with Crippen LogP contribution in [0.3, 0.4) is 0 Å². The number of ether oxygens (including phenoxy) is 3.